The van der Waals surface area contributed by atoms with Crippen molar-refractivity contribution >= 4 is 28.3 Å². The molecule has 110 valence electrons. The summed E-state index contributed by atoms with van der Waals surface area (Å²) in [6.45, 7) is 0.240. The smallest absolute Gasteiger partial charge is 0.471 e. The molecule has 0 radical (unpaired) electrons. The molecule has 2 heterocycles. The van der Waals surface area contributed by atoms with E-state index in [1.54, 1.807) is 4.90 Å². The molecule has 1 N–H and O–H groups in total. The Morgan fingerprint density at radius 2 is 1.85 bits per heavy atom. The van der Waals surface area contributed by atoms with Crippen LogP contribution in [-0.2, 0) is 4.79 Å². The third kappa shape index (κ3) is 3.00. The number of anilines is 1. The maximum Gasteiger partial charge on any atom is 0.471 e. The molecule has 1 fully saturated rings. The van der Waals surface area contributed by atoms with E-state index < -0.39 is 18.1 Å². The lowest BCUT2D eigenvalue weighted by Crippen LogP contribution is -2.52. The number of carbonyl (C=O) groups excluding carboxylic acids is 1. The molecule has 2 rings (SSSR count). The van der Waals surface area contributed by atoms with Crippen LogP contribution in [0, 0.1) is 0 Å². The van der Waals surface area contributed by atoms with Gasteiger partial charge >= 0.3 is 18.1 Å². The Labute approximate surface area is 115 Å². The van der Waals surface area contributed by atoms with E-state index >= 15 is 0 Å². The lowest BCUT2D eigenvalue weighted by Gasteiger charge is -2.34. The standard InChI is InChI=1S/C10H10F3N3O3S/c11-10(12,13)8(19)15-1-3-16(4-2-15)9-14-6(5-20-9)7(17)18/h5H,1-4H2,(H,17,18). The molecule has 0 saturated carbocycles. The zero-order valence-electron chi connectivity index (χ0n) is 10.1. The number of thiazole rings is 1. The zero-order chi connectivity index (χ0) is 14.9. The number of piperazine rings is 1. The minimum Gasteiger partial charge on any atom is -0.476 e. The van der Waals surface area contributed by atoms with Crippen LogP contribution >= 0.6 is 11.3 Å². The van der Waals surface area contributed by atoms with Gasteiger partial charge < -0.3 is 14.9 Å². The number of rotatable bonds is 2. The van der Waals surface area contributed by atoms with Gasteiger partial charge in [0.05, 0.1) is 0 Å². The predicted octanol–water partition coefficient (Wildman–Crippen LogP) is 1.05. The number of alkyl halides is 3. The molecule has 6 nitrogen and oxygen atoms in total. The van der Waals surface area contributed by atoms with E-state index in [0.29, 0.717) is 5.13 Å². The Bertz CT molecular complexity index is 523. The number of halogens is 3. The van der Waals surface area contributed by atoms with Crippen molar-refractivity contribution in [2.45, 2.75) is 6.18 Å². The number of aromatic nitrogens is 1. The highest BCUT2D eigenvalue weighted by molar-refractivity contribution is 7.13. The normalized spacial score (nSPS) is 16.4. The van der Waals surface area contributed by atoms with E-state index in [4.69, 9.17) is 5.11 Å². The SMILES string of the molecule is O=C(O)c1csc(N2CCN(C(=O)C(F)(F)F)CC2)n1. The molecule has 0 aromatic carbocycles. The molecule has 20 heavy (non-hydrogen) atoms. The first kappa shape index (κ1) is 14.6. The minimum absolute atomic E-state index is 0.0691. The molecular formula is C10H10F3N3O3S. The molecule has 1 aliphatic rings. The summed E-state index contributed by atoms with van der Waals surface area (Å²) in [5.74, 6) is -3.00. The summed E-state index contributed by atoms with van der Waals surface area (Å²) in [5.41, 5.74) is -0.0983. The number of carboxylic acid groups (broad SMARTS) is 1. The highest BCUT2D eigenvalue weighted by Gasteiger charge is 2.43. The number of carbonyl (C=O) groups is 2. The molecule has 0 spiro atoms. The van der Waals surface area contributed by atoms with Crippen LogP contribution in [0.3, 0.4) is 0 Å². The van der Waals surface area contributed by atoms with Crippen LogP contribution < -0.4 is 4.90 Å². The lowest BCUT2D eigenvalue weighted by molar-refractivity contribution is -0.185. The summed E-state index contributed by atoms with van der Waals surface area (Å²) in [5, 5.41) is 10.5. The first-order chi connectivity index (χ1) is 9.29. The van der Waals surface area contributed by atoms with Gasteiger partial charge in [0.25, 0.3) is 0 Å². The monoisotopic (exact) mass is 309 g/mol. The van der Waals surface area contributed by atoms with Gasteiger partial charge in [0.2, 0.25) is 0 Å². The molecule has 1 aliphatic heterocycles. The van der Waals surface area contributed by atoms with E-state index in [1.807, 2.05) is 0 Å². The summed E-state index contributed by atoms with van der Waals surface area (Å²) >= 11 is 1.11. The van der Waals surface area contributed by atoms with Crippen molar-refractivity contribution < 1.29 is 27.9 Å². The Morgan fingerprint density at radius 3 is 2.30 bits per heavy atom. The summed E-state index contributed by atoms with van der Waals surface area (Å²) in [4.78, 5) is 28.0. The molecule has 0 bridgehead atoms. The second-order valence-corrected chi connectivity index (χ2v) is 4.93. The Kier molecular flexibility index (Phi) is 3.84. The minimum atomic E-state index is -4.86. The number of hydrogen-bond acceptors (Lipinski definition) is 5. The average molecular weight is 309 g/mol. The highest BCUT2D eigenvalue weighted by atomic mass is 32.1. The third-order valence-electron chi connectivity index (χ3n) is 2.79. The molecule has 0 aliphatic carbocycles. The maximum atomic E-state index is 12.3. The maximum absolute atomic E-state index is 12.3. The van der Waals surface area contributed by atoms with Gasteiger partial charge in [-0.2, -0.15) is 13.2 Å². The van der Waals surface area contributed by atoms with Gasteiger partial charge in [-0.25, -0.2) is 9.78 Å². The van der Waals surface area contributed by atoms with Crippen molar-refractivity contribution in [3.8, 4) is 0 Å². The van der Waals surface area contributed by atoms with Crippen LogP contribution in [0.4, 0.5) is 18.3 Å². The lowest BCUT2D eigenvalue weighted by atomic mass is 10.3. The van der Waals surface area contributed by atoms with Crippen LogP contribution in [0.25, 0.3) is 0 Å². The fourth-order valence-corrected chi connectivity index (χ4v) is 2.64. The molecule has 10 heteroatoms. The van der Waals surface area contributed by atoms with Gasteiger partial charge in [0.15, 0.2) is 10.8 Å². The zero-order valence-corrected chi connectivity index (χ0v) is 10.9. The van der Waals surface area contributed by atoms with E-state index in [9.17, 15) is 22.8 Å². The first-order valence-corrected chi connectivity index (χ1v) is 6.47. The van der Waals surface area contributed by atoms with Gasteiger partial charge in [-0.3, -0.25) is 4.79 Å². The van der Waals surface area contributed by atoms with Gasteiger partial charge in [-0.05, 0) is 0 Å². The van der Waals surface area contributed by atoms with Crippen LogP contribution in [0.1, 0.15) is 10.5 Å². The van der Waals surface area contributed by atoms with Crippen molar-refractivity contribution in [3.05, 3.63) is 11.1 Å². The van der Waals surface area contributed by atoms with Gasteiger partial charge in [-0.15, -0.1) is 11.3 Å². The summed E-state index contributed by atoms with van der Waals surface area (Å²) in [6, 6.07) is 0. The second kappa shape index (κ2) is 5.27. The number of amides is 1. The number of nitrogens with zero attached hydrogens (tertiary/aromatic N) is 3. The third-order valence-corrected chi connectivity index (χ3v) is 3.69. The average Bonchev–Trinajstić information content (AvgIpc) is 2.86. The summed E-state index contributed by atoms with van der Waals surface area (Å²) < 4.78 is 36.8. The molecule has 1 amide bonds. The molecule has 0 atom stereocenters. The van der Waals surface area contributed by atoms with Crippen LogP contribution in [-0.4, -0.2) is 59.2 Å². The Balaban J connectivity index is 1.97. The Hall–Kier alpha value is -1.84. The van der Waals surface area contributed by atoms with Crippen LogP contribution in [0.2, 0.25) is 0 Å². The molecular weight excluding hydrogens is 299 g/mol. The molecule has 0 unspecified atom stereocenters. The Morgan fingerprint density at radius 1 is 1.25 bits per heavy atom. The summed E-state index contributed by atoms with van der Waals surface area (Å²) in [6.07, 6.45) is -4.86. The first-order valence-electron chi connectivity index (χ1n) is 5.59. The molecule has 1 saturated heterocycles. The van der Waals surface area contributed by atoms with Crippen molar-refractivity contribution in [1.29, 1.82) is 0 Å². The van der Waals surface area contributed by atoms with E-state index in [1.165, 1.54) is 5.38 Å². The van der Waals surface area contributed by atoms with Crippen LogP contribution in [0.15, 0.2) is 5.38 Å². The largest absolute Gasteiger partial charge is 0.476 e. The molecule has 1 aromatic heterocycles. The van der Waals surface area contributed by atoms with Crippen molar-refractivity contribution in [3.63, 3.8) is 0 Å². The van der Waals surface area contributed by atoms with E-state index in [0.717, 1.165) is 16.2 Å². The quantitative estimate of drug-likeness (QED) is 0.884. The summed E-state index contributed by atoms with van der Waals surface area (Å²) in [7, 11) is 0. The van der Waals surface area contributed by atoms with E-state index in [2.05, 4.69) is 4.98 Å². The van der Waals surface area contributed by atoms with Gasteiger partial charge in [0.1, 0.15) is 0 Å². The highest BCUT2D eigenvalue weighted by Crippen LogP contribution is 2.24. The molecule has 1 aromatic rings. The van der Waals surface area contributed by atoms with Crippen molar-refractivity contribution in [2.24, 2.45) is 0 Å². The number of carboxylic acids is 1. The van der Waals surface area contributed by atoms with Crippen LogP contribution in [0.5, 0.6) is 0 Å². The fraction of sp³-hybridized carbons (Fsp3) is 0.500. The van der Waals surface area contributed by atoms with Crippen molar-refractivity contribution in [2.75, 3.05) is 31.1 Å². The van der Waals surface area contributed by atoms with E-state index in [-0.39, 0.29) is 31.9 Å². The number of hydrogen-bond donors (Lipinski definition) is 1. The second-order valence-electron chi connectivity index (χ2n) is 4.10. The fourth-order valence-electron chi connectivity index (χ4n) is 1.79. The number of aromatic carboxylic acids is 1. The predicted molar refractivity (Wildman–Crippen MR) is 63.9 cm³/mol. The van der Waals surface area contributed by atoms with Gasteiger partial charge in [-0.1, -0.05) is 0 Å². The van der Waals surface area contributed by atoms with Crippen molar-refractivity contribution in [1.82, 2.24) is 9.88 Å². The topological polar surface area (TPSA) is 73.7 Å². The van der Waals surface area contributed by atoms with Gasteiger partial charge in [0, 0.05) is 31.6 Å².